The zero-order valence-electron chi connectivity index (χ0n) is 13.7. The molecule has 1 aliphatic rings. The zero-order valence-corrected chi connectivity index (χ0v) is 14.5. The van der Waals surface area contributed by atoms with E-state index >= 15 is 0 Å². The topological polar surface area (TPSA) is 92.8 Å². The van der Waals surface area contributed by atoms with Crippen LogP contribution in [0.1, 0.15) is 24.8 Å². The number of piperidine rings is 1. The number of carbonyl (C=O) groups is 2. The van der Waals surface area contributed by atoms with E-state index in [1.807, 2.05) is 0 Å². The average molecular weight is 354 g/mol. The zero-order chi connectivity index (χ0) is 17.6. The van der Waals surface area contributed by atoms with Crippen molar-refractivity contribution >= 4 is 21.9 Å². The van der Waals surface area contributed by atoms with Crippen LogP contribution in [0.4, 0.5) is 0 Å². The van der Waals surface area contributed by atoms with Crippen LogP contribution in [0.3, 0.4) is 0 Å². The summed E-state index contributed by atoms with van der Waals surface area (Å²) in [5.74, 6) is -0.920. The molecule has 7 nitrogen and oxygen atoms in total. The standard InChI is InChI=1S/C16H22N2O5S/c1-17-15(19)12-23-16(20)11-13-5-7-14(8-6-13)24(21,22)18-9-3-2-4-10-18/h5-8H,2-4,9-12H2,1H3,(H,17,19). The van der Waals surface area contributed by atoms with Crippen molar-refractivity contribution in [3.05, 3.63) is 29.8 Å². The van der Waals surface area contributed by atoms with Crippen molar-refractivity contribution in [2.45, 2.75) is 30.6 Å². The number of sulfonamides is 1. The third-order valence-electron chi connectivity index (χ3n) is 3.87. The van der Waals surface area contributed by atoms with Gasteiger partial charge in [0.25, 0.3) is 5.91 Å². The normalized spacial score (nSPS) is 15.7. The van der Waals surface area contributed by atoms with Crippen molar-refractivity contribution in [3.63, 3.8) is 0 Å². The number of likely N-dealkylation sites (N-methyl/N-ethyl adjacent to an activating group) is 1. The number of ether oxygens (including phenoxy) is 1. The van der Waals surface area contributed by atoms with Crippen LogP contribution in [-0.4, -0.2) is 51.3 Å². The van der Waals surface area contributed by atoms with E-state index in [2.05, 4.69) is 5.32 Å². The predicted octanol–water partition coefficient (Wildman–Crippen LogP) is 0.693. The second kappa shape index (κ2) is 8.25. The molecule has 1 aromatic carbocycles. The van der Waals surface area contributed by atoms with Crippen LogP contribution in [0.5, 0.6) is 0 Å². The van der Waals surface area contributed by atoms with E-state index in [0.717, 1.165) is 19.3 Å². The van der Waals surface area contributed by atoms with E-state index < -0.39 is 16.0 Å². The first kappa shape index (κ1) is 18.4. The first-order valence-electron chi connectivity index (χ1n) is 7.89. The molecule has 0 radical (unpaired) electrons. The van der Waals surface area contributed by atoms with E-state index in [9.17, 15) is 18.0 Å². The number of carbonyl (C=O) groups excluding carboxylic acids is 2. The van der Waals surface area contributed by atoms with Gasteiger partial charge in [-0.1, -0.05) is 18.6 Å². The van der Waals surface area contributed by atoms with Crippen molar-refractivity contribution in [2.24, 2.45) is 0 Å². The minimum atomic E-state index is -3.47. The average Bonchev–Trinajstić information content (AvgIpc) is 2.61. The Morgan fingerprint density at radius 3 is 2.33 bits per heavy atom. The molecule has 8 heteroatoms. The molecule has 0 saturated carbocycles. The Hall–Kier alpha value is -1.93. The number of hydrogen-bond donors (Lipinski definition) is 1. The van der Waals surface area contributed by atoms with Crippen molar-refractivity contribution in [1.29, 1.82) is 0 Å². The highest BCUT2D eigenvalue weighted by Gasteiger charge is 2.25. The van der Waals surface area contributed by atoms with E-state index in [0.29, 0.717) is 18.7 Å². The fourth-order valence-electron chi connectivity index (χ4n) is 2.47. The molecular formula is C16H22N2O5S. The van der Waals surface area contributed by atoms with Crippen LogP contribution in [0.25, 0.3) is 0 Å². The molecule has 1 heterocycles. The van der Waals surface area contributed by atoms with Crippen LogP contribution in [0, 0.1) is 0 Å². The van der Waals surface area contributed by atoms with E-state index in [1.165, 1.54) is 23.5 Å². The first-order chi connectivity index (χ1) is 11.4. The lowest BCUT2D eigenvalue weighted by Crippen LogP contribution is -2.35. The van der Waals surface area contributed by atoms with Gasteiger partial charge in [-0.25, -0.2) is 8.42 Å². The Bertz CT molecular complexity index is 679. The number of esters is 1. The Morgan fingerprint density at radius 2 is 1.75 bits per heavy atom. The van der Waals surface area contributed by atoms with E-state index in [-0.39, 0.29) is 23.8 Å². The van der Waals surface area contributed by atoms with Gasteiger partial charge < -0.3 is 10.1 Å². The maximum Gasteiger partial charge on any atom is 0.310 e. The van der Waals surface area contributed by atoms with Crippen molar-refractivity contribution in [3.8, 4) is 0 Å². The summed E-state index contributed by atoms with van der Waals surface area (Å²) in [4.78, 5) is 22.9. The molecule has 1 aromatic rings. The summed E-state index contributed by atoms with van der Waals surface area (Å²) in [6.45, 7) is 0.780. The van der Waals surface area contributed by atoms with Gasteiger partial charge in [0.1, 0.15) is 0 Å². The van der Waals surface area contributed by atoms with Gasteiger partial charge in [0.2, 0.25) is 10.0 Å². The summed E-state index contributed by atoms with van der Waals surface area (Å²) in [5, 5.41) is 2.35. The summed E-state index contributed by atoms with van der Waals surface area (Å²) in [6.07, 6.45) is 2.81. The third-order valence-corrected chi connectivity index (χ3v) is 5.78. The number of benzene rings is 1. The molecule has 1 saturated heterocycles. The lowest BCUT2D eigenvalue weighted by molar-refractivity contribution is -0.147. The molecule has 0 atom stereocenters. The SMILES string of the molecule is CNC(=O)COC(=O)Cc1ccc(S(=O)(=O)N2CCCCC2)cc1. The van der Waals surface area contributed by atoms with E-state index in [1.54, 1.807) is 12.1 Å². The molecular weight excluding hydrogens is 332 g/mol. The molecule has 0 aromatic heterocycles. The summed E-state index contributed by atoms with van der Waals surface area (Å²) >= 11 is 0. The van der Waals surface area contributed by atoms with Gasteiger partial charge in [0.15, 0.2) is 6.61 Å². The van der Waals surface area contributed by atoms with Gasteiger partial charge in [-0.2, -0.15) is 4.31 Å². The smallest absolute Gasteiger partial charge is 0.310 e. The number of rotatable bonds is 6. The van der Waals surface area contributed by atoms with Gasteiger partial charge in [-0.15, -0.1) is 0 Å². The summed E-state index contributed by atoms with van der Waals surface area (Å²) in [6, 6.07) is 6.20. The molecule has 0 unspecified atom stereocenters. The highest BCUT2D eigenvalue weighted by Crippen LogP contribution is 2.21. The molecule has 2 rings (SSSR count). The number of nitrogens with zero attached hydrogens (tertiary/aromatic N) is 1. The minimum Gasteiger partial charge on any atom is -0.455 e. The van der Waals surface area contributed by atoms with Gasteiger partial charge in [0, 0.05) is 20.1 Å². The molecule has 1 fully saturated rings. The fourth-order valence-corrected chi connectivity index (χ4v) is 3.99. The number of hydrogen-bond acceptors (Lipinski definition) is 5. The Balaban J connectivity index is 1.97. The molecule has 0 bridgehead atoms. The third kappa shape index (κ3) is 4.78. The van der Waals surface area contributed by atoms with Crippen LogP contribution in [0.2, 0.25) is 0 Å². The molecule has 132 valence electrons. The fraction of sp³-hybridized carbons (Fsp3) is 0.500. The molecule has 1 amide bonds. The van der Waals surface area contributed by atoms with Gasteiger partial charge >= 0.3 is 5.97 Å². The van der Waals surface area contributed by atoms with Crippen LogP contribution >= 0.6 is 0 Å². The van der Waals surface area contributed by atoms with Crippen LogP contribution < -0.4 is 5.32 Å². The monoisotopic (exact) mass is 354 g/mol. The molecule has 24 heavy (non-hydrogen) atoms. The Morgan fingerprint density at radius 1 is 1.12 bits per heavy atom. The number of nitrogens with one attached hydrogen (secondary N) is 1. The number of amides is 1. The maximum atomic E-state index is 12.5. The summed E-state index contributed by atoms with van der Waals surface area (Å²) < 4.78 is 31.4. The van der Waals surface area contributed by atoms with Crippen LogP contribution in [0.15, 0.2) is 29.2 Å². The summed E-state index contributed by atoms with van der Waals surface area (Å²) in [5.41, 5.74) is 0.634. The highest BCUT2D eigenvalue weighted by atomic mass is 32.2. The van der Waals surface area contributed by atoms with Crippen molar-refractivity contribution < 1.29 is 22.7 Å². The molecule has 1 aliphatic heterocycles. The molecule has 0 spiro atoms. The van der Waals surface area contributed by atoms with Crippen molar-refractivity contribution in [1.82, 2.24) is 9.62 Å². The second-order valence-corrected chi connectivity index (χ2v) is 7.56. The Kier molecular flexibility index (Phi) is 6.33. The lowest BCUT2D eigenvalue weighted by atomic mass is 10.1. The maximum absolute atomic E-state index is 12.5. The lowest BCUT2D eigenvalue weighted by Gasteiger charge is -2.25. The summed E-state index contributed by atoms with van der Waals surface area (Å²) in [7, 11) is -2.01. The van der Waals surface area contributed by atoms with Gasteiger partial charge in [-0.05, 0) is 30.5 Å². The minimum absolute atomic E-state index is 0.0129. The Labute approximate surface area is 142 Å². The van der Waals surface area contributed by atoms with Gasteiger partial charge in [-0.3, -0.25) is 9.59 Å². The quantitative estimate of drug-likeness (QED) is 0.759. The molecule has 0 aliphatic carbocycles. The van der Waals surface area contributed by atoms with Gasteiger partial charge in [0.05, 0.1) is 11.3 Å². The van der Waals surface area contributed by atoms with Crippen LogP contribution in [-0.2, 0) is 30.8 Å². The predicted molar refractivity (Wildman–Crippen MR) is 87.8 cm³/mol. The van der Waals surface area contributed by atoms with Crippen molar-refractivity contribution in [2.75, 3.05) is 26.7 Å². The molecule has 1 N–H and O–H groups in total. The van der Waals surface area contributed by atoms with E-state index in [4.69, 9.17) is 4.74 Å². The second-order valence-electron chi connectivity index (χ2n) is 5.62. The first-order valence-corrected chi connectivity index (χ1v) is 9.33. The largest absolute Gasteiger partial charge is 0.455 e. The highest BCUT2D eigenvalue weighted by molar-refractivity contribution is 7.89.